The summed E-state index contributed by atoms with van der Waals surface area (Å²) in [5.74, 6) is 0.939. The van der Waals surface area contributed by atoms with Gasteiger partial charge in [-0.2, -0.15) is 0 Å². The van der Waals surface area contributed by atoms with Crippen molar-refractivity contribution in [2.45, 2.75) is 19.9 Å². The molecule has 1 aromatic heterocycles. The van der Waals surface area contributed by atoms with Crippen molar-refractivity contribution in [3.05, 3.63) is 23.9 Å². The zero-order chi connectivity index (χ0) is 11.1. The first-order valence-electron chi connectivity index (χ1n) is 5.32. The number of pyridine rings is 1. The van der Waals surface area contributed by atoms with E-state index in [-0.39, 0.29) is 6.61 Å². The van der Waals surface area contributed by atoms with Crippen LogP contribution in [0, 0.1) is 0 Å². The van der Waals surface area contributed by atoms with Gasteiger partial charge in [0.05, 0.1) is 0 Å². The molecule has 0 spiro atoms. The van der Waals surface area contributed by atoms with E-state index in [1.807, 2.05) is 12.1 Å². The smallest absolute Gasteiger partial charge is 0.128 e. The number of nitrogens with two attached hydrogens (primary N) is 1. The molecule has 4 heteroatoms. The highest BCUT2D eigenvalue weighted by Gasteiger charge is 2.05. The highest BCUT2D eigenvalue weighted by Crippen LogP contribution is 2.12. The predicted molar refractivity (Wildman–Crippen MR) is 61.7 cm³/mol. The van der Waals surface area contributed by atoms with Crippen molar-refractivity contribution in [3.8, 4) is 0 Å². The van der Waals surface area contributed by atoms with Crippen molar-refractivity contribution in [2.75, 3.05) is 24.6 Å². The summed E-state index contributed by atoms with van der Waals surface area (Å²) in [5.41, 5.74) is 6.66. The minimum absolute atomic E-state index is 0.215. The molecule has 0 aliphatic heterocycles. The number of anilines is 1. The zero-order valence-corrected chi connectivity index (χ0v) is 9.19. The summed E-state index contributed by atoms with van der Waals surface area (Å²) in [5, 5.41) is 8.79. The van der Waals surface area contributed by atoms with Crippen LogP contribution in [0.4, 0.5) is 5.82 Å². The minimum Gasteiger partial charge on any atom is -0.396 e. The number of aliphatic hydroxyl groups excluding tert-OH is 1. The average Bonchev–Trinajstić information content (AvgIpc) is 2.30. The van der Waals surface area contributed by atoms with Gasteiger partial charge in [0.15, 0.2) is 0 Å². The molecule has 0 aliphatic carbocycles. The third kappa shape index (κ3) is 3.49. The fraction of sp³-hybridized carbons (Fsp3) is 0.545. The van der Waals surface area contributed by atoms with Crippen molar-refractivity contribution in [1.82, 2.24) is 4.98 Å². The van der Waals surface area contributed by atoms with Crippen LogP contribution in [0.1, 0.15) is 18.9 Å². The fourth-order valence-corrected chi connectivity index (χ4v) is 1.46. The largest absolute Gasteiger partial charge is 0.396 e. The molecule has 0 bridgehead atoms. The van der Waals surface area contributed by atoms with Gasteiger partial charge in [0.25, 0.3) is 0 Å². The normalized spacial score (nSPS) is 10.3. The Morgan fingerprint density at radius 1 is 1.53 bits per heavy atom. The molecule has 84 valence electrons. The third-order valence-corrected chi connectivity index (χ3v) is 2.34. The van der Waals surface area contributed by atoms with E-state index in [4.69, 9.17) is 10.8 Å². The number of aromatic nitrogens is 1. The van der Waals surface area contributed by atoms with E-state index in [1.54, 1.807) is 6.20 Å². The summed E-state index contributed by atoms with van der Waals surface area (Å²) >= 11 is 0. The Morgan fingerprint density at radius 2 is 2.33 bits per heavy atom. The summed E-state index contributed by atoms with van der Waals surface area (Å²) in [6.07, 6.45) is 2.54. The monoisotopic (exact) mass is 209 g/mol. The van der Waals surface area contributed by atoms with Crippen LogP contribution in [0.3, 0.4) is 0 Å². The summed E-state index contributed by atoms with van der Waals surface area (Å²) in [4.78, 5) is 6.43. The van der Waals surface area contributed by atoms with Crippen LogP contribution in [0.25, 0.3) is 0 Å². The molecule has 0 amide bonds. The van der Waals surface area contributed by atoms with Crippen LogP contribution >= 0.6 is 0 Å². The average molecular weight is 209 g/mol. The molecule has 0 aliphatic rings. The lowest BCUT2D eigenvalue weighted by Gasteiger charge is -2.21. The SMILES string of the molecule is CCN(CCCO)c1cc(CN)ccn1. The van der Waals surface area contributed by atoms with Gasteiger partial charge in [0, 0.05) is 32.4 Å². The van der Waals surface area contributed by atoms with Gasteiger partial charge in [-0.05, 0) is 31.0 Å². The standard InChI is InChI=1S/C11H19N3O/c1-2-14(6-3-7-15)11-8-10(9-12)4-5-13-11/h4-5,8,15H,2-3,6-7,9,12H2,1H3. The van der Waals surface area contributed by atoms with E-state index < -0.39 is 0 Å². The van der Waals surface area contributed by atoms with Crippen LogP contribution in [-0.2, 0) is 6.54 Å². The van der Waals surface area contributed by atoms with Gasteiger partial charge in [-0.25, -0.2) is 4.98 Å². The first-order valence-corrected chi connectivity index (χ1v) is 5.32. The Bertz CT molecular complexity index is 291. The highest BCUT2D eigenvalue weighted by atomic mass is 16.3. The maximum absolute atomic E-state index is 8.79. The predicted octanol–water partition coefficient (Wildman–Crippen LogP) is 0.749. The summed E-state index contributed by atoms with van der Waals surface area (Å²) < 4.78 is 0. The van der Waals surface area contributed by atoms with Gasteiger partial charge in [0.2, 0.25) is 0 Å². The number of rotatable bonds is 6. The Balaban J connectivity index is 2.72. The van der Waals surface area contributed by atoms with Crippen molar-refractivity contribution >= 4 is 5.82 Å². The van der Waals surface area contributed by atoms with Crippen LogP contribution in [0.5, 0.6) is 0 Å². The highest BCUT2D eigenvalue weighted by molar-refractivity contribution is 5.40. The molecular weight excluding hydrogens is 190 g/mol. The van der Waals surface area contributed by atoms with Gasteiger partial charge in [0.1, 0.15) is 5.82 Å². The Kier molecular flexibility index (Phi) is 5.07. The lowest BCUT2D eigenvalue weighted by molar-refractivity contribution is 0.289. The molecule has 0 radical (unpaired) electrons. The van der Waals surface area contributed by atoms with Crippen molar-refractivity contribution in [3.63, 3.8) is 0 Å². The molecule has 4 nitrogen and oxygen atoms in total. The molecule has 1 rings (SSSR count). The van der Waals surface area contributed by atoms with Gasteiger partial charge in [-0.15, -0.1) is 0 Å². The van der Waals surface area contributed by atoms with E-state index in [1.165, 1.54) is 0 Å². The molecule has 1 aromatic rings. The summed E-state index contributed by atoms with van der Waals surface area (Å²) in [6.45, 7) is 4.55. The van der Waals surface area contributed by atoms with Crippen LogP contribution < -0.4 is 10.6 Å². The Morgan fingerprint density at radius 3 is 2.93 bits per heavy atom. The topological polar surface area (TPSA) is 62.4 Å². The molecule has 0 saturated heterocycles. The van der Waals surface area contributed by atoms with E-state index in [9.17, 15) is 0 Å². The van der Waals surface area contributed by atoms with E-state index >= 15 is 0 Å². The molecule has 3 N–H and O–H groups in total. The number of nitrogens with zero attached hydrogens (tertiary/aromatic N) is 2. The second-order valence-corrected chi connectivity index (χ2v) is 3.38. The number of aliphatic hydroxyl groups is 1. The summed E-state index contributed by atoms with van der Waals surface area (Å²) in [6, 6.07) is 3.92. The van der Waals surface area contributed by atoms with Crippen molar-refractivity contribution in [2.24, 2.45) is 5.73 Å². The van der Waals surface area contributed by atoms with Crippen LogP contribution in [0.2, 0.25) is 0 Å². The first-order chi connectivity index (χ1) is 7.31. The van der Waals surface area contributed by atoms with Crippen LogP contribution in [-0.4, -0.2) is 29.8 Å². The fourth-order valence-electron chi connectivity index (χ4n) is 1.46. The van der Waals surface area contributed by atoms with Gasteiger partial charge in [-0.1, -0.05) is 0 Å². The molecule has 0 saturated carbocycles. The zero-order valence-electron chi connectivity index (χ0n) is 9.19. The molecule has 15 heavy (non-hydrogen) atoms. The maximum Gasteiger partial charge on any atom is 0.128 e. The Hall–Kier alpha value is -1.13. The van der Waals surface area contributed by atoms with E-state index in [0.29, 0.717) is 6.54 Å². The first kappa shape index (κ1) is 11.9. The molecule has 0 aromatic carbocycles. The van der Waals surface area contributed by atoms with Gasteiger partial charge < -0.3 is 15.7 Å². The van der Waals surface area contributed by atoms with Gasteiger partial charge in [-0.3, -0.25) is 0 Å². The second-order valence-electron chi connectivity index (χ2n) is 3.38. The second kappa shape index (κ2) is 6.37. The van der Waals surface area contributed by atoms with Crippen molar-refractivity contribution < 1.29 is 5.11 Å². The molecular formula is C11H19N3O. The molecule has 0 unspecified atom stereocenters. The molecule has 0 fully saturated rings. The summed E-state index contributed by atoms with van der Waals surface area (Å²) in [7, 11) is 0. The lowest BCUT2D eigenvalue weighted by atomic mass is 10.2. The Labute approximate surface area is 90.7 Å². The maximum atomic E-state index is 8.79. The quantitative estimate of drug-likeness (QED) is 0.725. The lowest BCUT2D eigenvalue weighted by Crippen LogP contribution is -2.25. The third-order valence-electron chi connectivity index (χ3n) is 2.34. The number of hydrogen-bond acceptors (Lipinski definition) is 4. The van der Waals surface area contributed by atoms with Gasteiger partial charge >= 0.3 is 0 Å². The van der Waals surface area contributed by atoms with E-state index in [0.717, 1.165) is 30.9 Å². The molecule has 1 heterocycles. The molecule has 0 atom stereocenters. The van der Waals surface area contributed by atoms with E-state index in [2.05, 4.69) is 16.8 Å². The minimum atomic E-state index is 0.215. The van der Waals surface area contributed by atoms with Crippen LogP contribution in [0.15, 0.2) is 18.3 Å². The van der Waals surface area contributed by atoms with Crippen molar-refractivity contribution in [1.29, 1.82) is 0 Å². The number of hydrogen-bond donors (Lipinski definition) is 2.